The van der Waals surface area contributed by atoms with Crippen LogP contribution in [0.2, 0.25) is 5.02 Å². The number of hydrogen-bond donors (Lipinski definition) is 1. The monoisotopic (exact) mass is 375 g/mol. The number of hydrogen-bond acceptors (Lipinski definition) is 2. The Kier molecular flexibility index (Phi) is 3.87. The van der Waals surface area contributed by atoms with Crippen LogP contribution < -0.4 is 5.73 Å². The SMILES string of the molecule is Nc1ccc(C(=O)c2ccc(F)cc2I)c(Cl)c1. The van der Waals surface area contributed by atoms with Crippen LogP contribution in [0.15, 0.2) is 36.4 Å². The molecule has 0 unspecified atom stereocenters. The fourth-order valence-electron chi connectivity index (χ4n) is 1.53. The Balaban J connectivity index is 2.48. The van der Waals surface area contributed by atoms with Crippen LogP contribution >= 0.6 is 34.2 Å². The first-order valence-electron chi connectivity index (χ1n) is 5.04. The van der Waals surface area contributed by atoms with E-state index >= 15 is 0 Å². The van der Waals surface area contributed by atoms with Crippen LogP contribution in [0.5, 0.6) is 0 Å². The molecule has 92 valence electrons. The maximum Gasteiger partial charge on any atom is 0.195 e. The van der Waals surface area contributed by atoms with E-state index in [1.807, 2.05) is 22.6 Å². The molecule has 0 fully saturated rings. The summed E-state index contributed by atoms with van der Waals surface area (Å²) in [6.07, 6.45) is 0. The van der Waals surface area contributed by atoms with Gasteiger partial charge in [-0.3, -0.25) is 4.79 Å². The first-order valence-corrected chi connectivity index (χ1v) is 6.49. The summed E-state index contributed by atoms with van der Waals surface area (Å²) in [4.78, 5) is 12.3. The van der Waals surface area contributed by atoms with Crippen molar-refractivity contribution in [1.82, 2.24) is 0 Å². The molecular formula is C13H8ClFINO. The summed E-state index contributed by atoms with van der Waals surface area (Å²) in [5.41, 5.74) is 6.84. The third-order valence-corrected chi connectivity index (χ3v) is 3.62. The lowest BCUT2D eigenvalue weighted by Gasteiger charge is -2.06. The highest BCUT2D eigenvalue weighted by Gasteiger charge is 2.16. The van der Waals surface area contributed by atoms with Crippen molar-refractivity contribution < 1.29 is 9.18 Å². The highest BCUT2D eigenvalue weighted by atomic mass is 127. The van der Waals surface area contributed by atoms with E-state index in [4.69, 9.17) is 17.3 Å². The third kappa shape index (κ3) is 2.64. The number of halogens is 3. The molecule has 0 aliphatic heterocycles. The minimum atomic E-state index is -0.376. The van der Waals surface area contributed by atoms with Crippen molar-refractivity contribution in [1.29, 1.82) is 0 Å². The van der Waals surface area contributed by atoms with Gasteiger partial charge in [-0.25, -0.2) is 4.39 Å². The second-order valence-corrected chi connectivity index (χ2v) is 5.26. The lowest BCUT2D eigenvalue weighted by Crippen LogP contribution is -2.05. The predicted octanol–water partition coefficient (Wildman–Crippen LogP) is 3.90. The summed E-state index contributed by atoms with van der Waals surface area (Å²) in [6, 6.07) is 8.70. The van der Waals surface area contributed by atoms with Gasteiger partial charge in [-0.1, -0.05) is 11.6 Å². The molecule has 0 aliphatic carbocycles. The summed E-state index contributed by atoms with van der Waals surface area (Å²) < 4.78 is 13.5. The predicted molar refractivity (Wildman–Crippen MR) is 78.4 cm³/mol. The molecule has 2 aromatic rings. The smallest absolute Gasteiger partial charge is 0.195 e. The molecule has 0 saturated carbocycles. The Morgan fingerprint density at radius 2 is 1.83 bits per heavy atom. The number of ketones is 1. The van der Waals surface area contributed by atoms with Crippen molar-refractivity contribution in [2.75, 3.05) is 5.73 Å². The van der Waals surface area contributed by atoms with Crippen molar-refractivity contribution in [3.63, 3.8) is 0 Å². The summed E-state index contributed by atoms with van der Waals surface area (Å²) in [7, 11) is 0. The minimum absolute atomic E-state index is 0.246. The molecule has 2 nitrogen and oxygen atoms in total. The van der Waals surface area contributed by atoms with Gasteiger partial charge in [-0.15, -0.1) is 0 Å². The molecule has 2 N–H and O–H groups in total. The maximum atomic E-state index is 13.0. The fourth-order valence-corrected chi connectivity index (χ4v) is 2.53. The lowest BCUT2D eigenvalue weighted by atomic mass is 10.0. The molecule has 0 bridgehead atoms. The number of nitrogens with two attached hydrogens (primary N) is 1. The van der Waals surface area contributed by atoms with Gasteiger partial charge in [0.1, 0.15) is 5.82 Å². The summed E-state index contributed by atoms with van der Waals surface area (Å²) in [5, 5.41) is 0.292. The van der Waals surface area contributed by atoms with E-state index in [1.165, 1.54) is 24.3 Å². The van der Waals surface area contributed by atoms with Crippen molar-refractivity contribution in [3.8, 4) is 0 Å². The quantitative estimate of drug-likeness (QED) is 0.491. The molecule has 0 aliphatic rings. The Morgan fingerprint density at radius 1 is 1.17 bits per heavy atom. The van der Waals surface area contributed by atoms with Gasteiger partial charge < -0.3 is 5.73 Å². The molecule has 18 heavy (non-hydrogen) atoms. The van der Waals surface area contributed by atoms with Crippen LogP contribution in [0, 0.1) is 9.39 Å². The molecule has 5 heteroatoms. The lowest BCUT2D eigenvalue weighted by molar-refractivity contribution is 0.103. The first kappa shape index (κ1) is 13.3. The molecule has 0 aromatic heterocycles. The molecule has 0 atom stereocenters. The van der Waals surface area contributed by atoms with Gasteiger partial charge in [0.25, 0.3) is 0 Å². The maximum absolute atomic E-state index is 13.0. The van der Waals surface area contributed by atoms with E-state index in [9.17, 15) is 9.18 Å². The van der Waals surface area contributed by atoms with E-state index in [0.29, 0.717) is 25.4 Å². The Bertz CT molecular complexity index is 577. The van der Waals surface area contributed by atoms with E-state index in [-0.39, 0.29) is 11.6 Å². The number of carbonyl (C=O) groups is 1. The molecule has 0 amide bonds. The van der Waals surface area contributed by atoms with Crippen LogP contribution in [0.1, 0.15) is 15.9 Å². The van der Waals surface area contributed by atoms with Gasteiger partial charge in [0.15, 0.2) is 5.78 Å². The zero-order chi connectivity index (χ0) is 13.3. The number of nitrogen functional groups attached to an aromatic ring is 1. The van der Waals surface area contributed by atoms with Crippen molar-refractivity contribution in [2.45, 2.75) is 0 Å². The summed E-state index contributed by atoms with van der Waals surface area (Å²) in [6.45, 7) is 0. The first-order chi connectivity index (χ1) is 8.49. The summed E-state index contributed by atoms with van der Waals surface area (Å²) in [5.74, 6) is -0.622. The molecule has 0 radical (unpaired) electrons. The number of anilines is 1. The van der Waals surface area contributed by atoms with Crippen molar-refractivity contribution in [3.05, 3.63) is 61.9 Å². The van der Waals surface area contributed by atoms with E-state index in [1.54, 1.807) is 12.1 Å². The van der Waals surface area contributed by atoms with Gasteiger partial charge in [0, 0.05) is 20.4 Å². The second-order valence-electron chi connectivity index (χ2n) is 3.69. The van der Waals surface area contributed by atoms with Crippen molar-refractivity contribution >= 4 is 45.7 Å². The van der Waals surface area contributed by atoms with E-state index in [0.717, 1.165) is 0 Å². The van der Waals surface area contributed by atoms with Crippen molar-refractivity contribution in [2.24, 2.45) is 0 Å². The summed E-state index contributed by atoms with van der Waals surface area (Å²) >= 11 is 7.90. The Morgan fingerprint density at radius 3 is 2.44 bits per heavy atom. The molecular weight excluding hydrogens is 368 g/mol. The zero-order valence-electron chi connectivity index (χ0n) is 9.08. The van der Waals surface area contributed by atoms with Gasteiger partial charge in [-0.05, 0) is 59.0 Å². The largest absolute Gasteiger partial charge is 0.399 e. The molecule has 0 saturated heterocycles. The molecule has 2 aromatic carbocycles. The fraction of sp³-hybridized carbons (Fsp3) is 0. The van der Waals surface area contributed by atoms with E-state index < -0.39 is 0 Å². The molecule has 0 spiro atoms. The van der Waals surface area contributed by atoms with Gasteiger partial charge in [0.05, 0.1) is 5.02 Å². The number of benzene rings is 2. The van der Waals surface area contributed by atoms with E-state index in [2.05, 4.69) is 0 Å². The average molecular weight is 376 g/mol. The second kappa shape index (κ2) is 5.24. The standard InChI is InChI=1S/C13H8ClFINO/c14-11-6-8(17)2-4-9(11)13(18)10-3-1-7(15)5-12(10)16/h1-6H,17H2. The van der Waals surface area contributed by atoms with Crippen LogP contribution in [-0.2, 0) is 0 Å². The van der Waals surface area contributed by atoms with Crippen LogP contribution in [-0.4, -0.2) is 5.78 Å². The van der Waals surface area contributed by atoms with Gasteiger partial charge >= 0.3 is 0 Å². The zero-order valence-corrected chi connectivity index (χ0v) is 12.0. The molecule has 0 heterocycles. The van der Waals surface area contributed by atoms with Crippen LogP contribution in [0.3, 0.4) is 0 Å². The van der Waals surface area contributed by atoms with Gasteiger partial charge in [-0.2, -0.15) is 0 Å². The highest BCUT2D eigenvalue weighted by molar-refractivity contribution is 14.1. The normalized spacial score (nSPS) is 10.4. The van der Waals surface area contributed by atoms with Gasteiger partial charge in [0.2, 0.25) is 0 Å². The Hall–Kier alpha value is -1.14. The third-order valence-electron chi connectivity index (χ3n) is 2.41. The molecule has 2 rings (SSSR count). The minimum Gasteiger partial charge on any atom is -0.399 e. The topological polar surface area (TPSA) is 43.1 Å². The van der Waals surface area contributed by atoms with Crippen LogP contribution in [0.4, 0.5) is 10.1 Å². The van der Waals surface area contributed by atoms with Crippen LogP contribution in [0.25, 0.3) is 0 Å². The number of rotatable bonds is 2. The average Bonchev–Trinajstić information content (AvgIpc) is 2.28. The highest BCUT2D eigenvalue weighted by Crippen LogP contribution is 2.24. The Labute approximate surface area is 122 Å². The number of carbonyl (C=O) groups excluding carboxylic acids is 1.